The first-order valence-electron chi connectivity index (χ1n) is 7.72. The molecule has 2 atom stereocenters. The summed E-state index contributed by atoms with van der Waals surface area (Å²) in [6.45, 7) is 4.72. The van der Waals surface area contributed by atoms with Crippen molar-refractivity contribution in [1.82, 2.24) is 4.90 Å². The number of amides is 1. The first kappa shape index (κ1) is 14.8. The molecule has 0 N–H and O–H groups in total. The van der Waals surface area contributed by atoms with Crippen LogP contribution in [0.1, 0.15) is 31.4 Å². The van der Waals surface area contributed by atoms with Crippen molar-refractivity contribution >= 4 is 11.8 Å². The molecule has 1 amide bonds. The zero-order valence-corrected chi connectivity index (χ0v) is 13.4. The molecular weight excluding hydrogens is 276 g/mol. The lowest BCUT2D eigenvalue weighted by Gasteiger charge is -2.41. The van der Waals surface area contributed by atoms with Crippen LogP contribution in [-0.2, 0) is 22.5 Å². The molecule has 0 radical (unpaired) electrons. The van der Waals surface area contributed by atoms with E-state index in [0.717, 1.165) is 6.42 Å². The minimum absolute atomic E-state index is 0.0599. The minimum Gasteiger partial charge on any atom is -0.483 e. The van der Waals surface area contributed by atoms with Crippen LogP contribution in [0.5, 0.6) is 0 Å². The molecule has 1 aromatic carbocycles. The molecule has 22 heavy (non-hydrogen) atoms. The number of carbonyl (C=O) groups excluding carboxylic acids is 1. The van der Waals surface area contributed by atoms with Crippen molar-refractivity contribution in [2.45, 2.75) is 45.3 Å². The molecule has 3 rings (SSSR count). The monoisotopic (exact) mass is 298 g/mol. The molecule has 4 nitrogen and oxygen atoms in total. The second-order valence-corrected chi connectivity index (χ2v) is 6.16. The van der Waals surface area contributed by atoms with Crippen LogP contribution in [0.25, 0.3) is 0 Å². The van der Waals surface area contributed by atoms with Gasteiger partial charge in [0.15, 0.2) is 0 Å². The van der Waals surface area contributed by atoms with Gasteiger partial charge in [0.05, 0.1) is 7.11 Å². The third kappa shape index (κ3) is 2.65. The molecule has 116 valence electrons. The van der Waals surface area contributed by atoms with Gasteiger partial charge in [-0.05, 0) is 31.4 Å². The van der Waals surface area contributed by atoms with Gasteiger partial charge in [-0.25, -0.2) is 4.99 Å². The summed E-state index contributed by atoms with van der Waals surface area (Å²) >= 11 is 0. The lowest BCUT2D eigenvalue weighted by molar-refractivity contribution is -0.135. The van der Waals surface area contributed by atoms with Crippen molar-refractivity contribution in [3.05, 3.63) is 47.0 Å². The molecule has 0 unspecified atom stereocenters. The van der Waals surface area contributed by atoms with E-state index in [2.05, 4.69) is 23.2 Å². The van der Waals surface area contributed by atoms with Gasteiger partial charge in [0.25, 0.3) is 0 Å². The summed E-state index contributed by atoms with van der Waals surface area (Å²) in [7, 11) is 1.64. The maximum absolute atomic E-state index is 12.8. The first-order chi connectivity index (χ1) is 10.6. The normalized spacial score (nSPS) is 23.3. The van der Waals surface area contributed by atoms with Crippen LogP contribution in [-0.4, -0.2) is 35.9 Å². The summed E-state index contributed by atoms with van der Waals surface area (Å²) in [5.74, 6) is 0.791. The number of nitrogens with zero attached hydrogens (tertiary/aromatic N) is 2. The zero-order valence-electron chi connectivity index (χ0n) is 13.4. The van der Waals surface area contributed by atoms with Gasteiger partial charge >= 0.3 is 0 Å². The Kier molecular flexibility index (Phi) is 4.01. The van der Waals surface area contributed by atoms with Gasteiger partial charge in [0.1, 0.15) is 12.1 Å². The van der Waals surface area contributed by atoms with Crippen LogP contribution < -0.4 is 0 Å². The summed E-state index contributed by atoms with van der Waals surface area (Å²) in [6.07, 6.45) is 3.49. The predicted molar refractivity (Wildman–Crippen MR) is 86.8 cm³/mol. The number of benzene rings is 1. The van der Waals surface area contributed by atoms with E-state index in [1.807, 2.05) is 30.9 Å². The number of hydrogen-bond donors (Lipinski definition) is 0. The number of methoxy groups -OCH3 is 1. The molecule has 4 heteroatoms. The number of allylic oxidation sites excluding steroid dienone is 1. The van der Waals surface area contributed by atoms with E-state index >= 15 is 0 Å². The Morgan fingerprint density at radius 1 is 1.36 bits per heavy atom. The Hall–Kier alpha value is -2.10. The number of rotatable bonds is 2. The second-order valence-electron chi connectivity index (χ2n) is 6.16. The average molecular weight is 298 g/mol. The maximum atomic E-state index is 12.8. The number of ether oxygens (including phenoxy) is 1. The van der Waals surface area contributed by atoms with Crippen molar-refractivity contribution in [1.29, 1.82) is 0 Å². The third-order valence-electron chi connectivity index (χ3n) is 4.34. The Labute approximate surface area is 131 Å². The molecule has 2 aliphatic heterocycles. The number of fused-ring (bicyclic) bond motifs is 2. The summed E-state index contributed by atoms with van der Waals surface area (Å²) in [5, 5.41) is 0. The van der Waals surface area contributed by atoms with E-state index in [9.17, 15) is 4.79 Å². The summed E-state index contributed by atoms with van der Waals surface area (Å²) in [4.78, 5) is 19.3. The van der Waals surface area contributed by atoms with E-state index < -0.39 is 0 Å². The molecule has 0 bridgehead atoms. The number of carbonyl (C=O) groups is 1. The molecule has 0 aromatic heterocycles. The Morgan fingerprint density at radius 2 is 2.09 bits per heavy atom. The van der Waals surface area contributed by atoms with E-state index in [0.29, 0.717) is 18.9 Å². The van der Waals surface area contributed by atoms with Gasteiger partial charge in [-0.2, -0.15) is 0 Å². The van der Waals surface area contributed by atoms with Crippen LogP contribution in [0.3, 0.4) is 0 Å². The summed E-state index contributed by atoms with van der Waals surface area (Å²) < 4.78 is 5.50. The Bertz CT molecular complexity index is 644. The topological polar surface area (TPSA) is 41.9 Å². The van der Waals surface area contributed by atoms with Crippen molar-refractivity contribution in [2.24, 2.45) is 4.99 Å². The van der Waals surface area contributed by atoms with Crippen molar-refractivity contribution in [3.8, 4) is 0 Å². The summed E-state index contributed by atoms with van der Waals surface area (Å²) in [5.41, 5.74) is 3.71. The first-order valence-corrected chi connectivity index (χ1v) is 7.72. The largest absolute Gasteiger partial charge is 0.483 e. The van der Waals surface area contributed by atoms with Crippen molar-refractivity contribution in [2.75, 3.05) is 7.11 Å². The van der Waals surface area contributed by atoms with Gasteiger partial charge in [-0.3, -0.25) is 4.79 Å². The van der Waals surface area contributed by atoms with Crippen LogP contribution in [0, 0.1) is 0 Å². The van der Waals surface area contributed by atoms with E-state index in [-0.39, 0.29) is 18.0 Å². The van der Waals surface area contributed by atoms with E-state index in [1.54, 1.807) is 7.11 Å². The van der Waals surface area contributed by atoms with Crippen LogP contribution in [0.2, 0.25) is 0 Å². The molecule has 0 fully saturated rings. The van der Waals surface area contributed by atoms with Gasteiger partial charge in [-0.15, -0.1) is 0 Å². The SMILES string of the molecule is COC1=N[C@@H](CC=C(C)C)C(=O)N2Cc3ccccc3C[C@@H]12. The Morgan fingerprint density at radius 3 is 2.77 bits per heavy atom. The highest BCUT2D eigenvalue weighted by atomic mass is 16.5. The smallest absolute Gasteiger partial charge is 0.248 e. The standard InChI is InChI=1S/C18H22N2O2/c1-12(2)8-9-15-18(21)20-11-14-7-5-4-6-13(14)10-16(20)17(19-15)22-3/h4-8,15-16H,9-11H2,1-3H3/t15-,16-/m0/s1. The lowest BCUT2D eigenvalue weighted by Crippen LogP contribution is -2.55. The highest BCUT2D eigenvalue weighted by molar-refractivity contribution is 5.96. The molecule has 0 saturated carbocycles. The van der Waals surface area contributed by atoms with Gasteiger partial charge < -0.3 is 9.64 Å². The molecule has 0 aliphatic carbocycles. The molecule has 2 aliphatic rings. The highest BCUT2D eigenvalue weighted by Gasteiger charge is 2.40. The fourth-order valence-corrected chi connectivity index (χ4v) is 3.15. The summed E-state index contributed by atoms with van der Waals surface area (Å²) in [6, 6.07) is 7.88. The molecule has 0 saturated heterocycles. The molecule has 0 spiro atoms. The fraction of sp³-hybridized carbons (Fsp3) is 0.444. The minimum atomic E-state index is -0.355. The maximum Gasteiger partial charge on any atom is 0.248 e. The fourth-order valence-electron chi connectivity index (χ4n) is 3.15. The van der Waals surface area contributed by atoms with Crippen LogP contribution in [0.15, 0.2) is 40.9 Å². The zero-order chi connectivity index (χ0) is 15.7. The van der Waals surface area contributed by atoms with Crippen LogP contribution in [0.4, 0.5) is 0 Å². The Balaban J connectivity index is 1.92. The van der Waals surface area contributed by atoms with Gasteiger partial charge in [-0.1, -0.05) is 35.9 Å². The number of hydrogen-bond acceptors (Lipinski definition) is 3. The molecule has 2 heterocycles. The van der Waals surface area contributed by atoms with E-state index in [1.165, 1.54) is 16.7 Å². The van der Waals surface area contributed by atoms with Crippen molar-refractivity contribution < 1.29 is 9.53 Å². The molecular formula is C18H22N2O2. The number of aliphatic imine (C=N–C) groups is 1. The van der Waals surface area contributed by atoms with Crippen LogP contribution >= 0.6 is 0 Å². The third-order valence-corrected chi connectivity index (χ3v) is 4.34. The molecule has 1 aromatic rings. The van der Waals surface area contributed by atoms with E-state index in [4.69, 9.17) is 4.74 Å². The van der Waals surface area contributed by atoms with Crippen molar-refractivity contribution in [3.63, 3.8) is 0 Å². The predicted octanol–water partition coefficient (Wildman–Crippen LogP) is 2.72. The quantitative estimate of drug-likeness (QED) is 0.788. The average Bonchev–Trinajstić information content (AvgIpc) is 2.53. The second kappa shape index (κ2) is 5.95. The van der Waals surface area contributed by atoms with Gasteiger partial charge in [0.2, 0.25) is 11.8 Å². The highest BCUT2D eigenvalue weighted by Crippen LogP contribution is 2.29. The lowest BCUT2D eigenvalue weighted by atomic mass is 9.91. The van der Waals surface area contributed by atoms with Gasteiger partial charge in [0, 0.05) is 13.0 Å².